The zero-order chi connectivity index (χ0) is 19.2. The van der Waals surface area contributed by atoms with Gasteiger partial charge in [0, 0.05) is 19.1 Å². The summed E-state index contributed by atoms with van der Waals surface area (Å²) >= 11 is 0. The standard InChI is InChI=1S/C24H34N2O2/c27-24(9-8-20-5-2-1-3-6-20)21-10-16-26(17-11-21)22-12-14-25(15-13-22)19-23-7-4-18-28-23/h1-7,18,21-22,24,27H,8-17,19H2. The SMILES string of the molecule is OC(CCc1ccccc1)C1CCN(C2CCN(Cc3ccco3)CC2)CC1. The molecule has 2 aromatic rings. The number of nitrogens with zero attached hydrogens (tertiary/aromatic N) is 2. The van der Waals surface area contributed by atoms with Crippen LogP contribution in [0.4, 0.5) is 0 Å². The van der Waals surface area contributed by atoms with Crippen LogP contribution in [-0.2, 0) is 13.0 Å². The van der Waals surface area contributed by atoms with Gasteiger partial charge in [0.15, 0.2) is 0 Å². The highest BCUT2D eigenvalue weighted by atomic mass is 16.3. The predicted octanol–water partition coefficient (Wildman–Crippen LogP) is 3.95. The maximum atomic E-state index is 10.7. The first-order valence-corrected chi connectivity index (χ1v) is 11.0. The first kappa shape index (κ1) is 19.7. The second kappa shape index (κ2) is 9.73. The Balaban J connectivity index is 1.16. The number of aliphatic hydroxyl groups is 1. The van der Waals surface area contributed by atoms with Gasteiger partial charge in [-0.05, 0) is 75.2 Å². The quantitative estimate of drug-likeness (QED) is 0.787. The summed E-state index contributed by atoms with van der Waals surface area (Å²) < 4.78 is 5.49. The zero-order valence-electron chi connectivity index (χ0n) is 16.9. The third kappa shape index (κ3) is 5.25. The molecule has 1 unspecified atom stereocenters. The van der Waals surface area contributed by atoms with Crippen molar-refractivity contribution in [1.82, 2.24) is 9.80 Å². The molecule has 2 aliphatic rings. The van der Waals surface area contributed by atoms with Crippen molar-refractivity contribution in [2.75, 3.05) is 26.2 Å². The van der Waals surface area contributed by atoms with Crippen molar-refractivity contribution in [3.63, 3.8) is 0 Å². The Hall–Kier alpha value is -1.62. The number of furan rings is 1. The van der Waals surface area contributed by atoms with Crippen LogP contribution in [0.5, 0.6) is 0 Å². The zero-order valence-corrected chi connectivity index (χ0v) is 16.9. The average Bonchev–Trinajstić information content (AvgIpc) is 3.26. The van der Waals surface area contributed by atoms with Crippen molar-refractivity contribution in [1.29, 1.82) is 0 Å². The number of likely N-dealkylation sites (tertiary alicyclic amines) is 2. The Morgan fingerprint density at radius 1 is 0.929 bits per heavy atom. The molecule has 1 N–H and O–H groups in total. The molecule has 4 nitrogen and oxygen atoms in total. The fourth-order valence-electron chi connectivity index (χ4n) is 4.93. The summed E-state index contributed by atoms with van der Waals surface area (Å²) in [6.07, 6.45) is 8.27. The first-order chi connectivity index (χ1) is 13.8. The van der Waals surface area contributed by atoms with Crippen LogP contribution < -0.4 is 0 Å². The second-order valence-electron chi connectivity index (χ2n) is 8.55. The van der Waals surface area contributed by atoms with Crippen molar-refractivity contribution in [2.45, 2.75) is 57.2 Å². The summed E-state index contributed by atoms with van der Waals surface area (Å²) in [6, 6.07) is 15.3. The van der Waals surface area contributed by atoms with E-state index in [4.69, 9.17) is 4.42 Å². The highest BCUT2D eigenvalue weighted by molar-refractivity contribution is 5.14. The lowest BCUT2D eigenvalue weighted by Gasteiger charge is -2.42. The van der Waals surface area contributed by atoms with Gasteiger partial charge in [0.1, 0.15) is 5.76 Å². The normalized spacial score (nSPS) is 21.8. The van der Waals surface area contributed by atoms with Crippen molar-refractivity contribution in [3.8, 4) is 0 Å². The maximum Gasteiger partial charge on any atom is 0.117 e. The average molecular weight is 383 g/mol. The third-order valence-electron chi connectivity index (χ3n) is 6.72. The van der Waals surface area contributed by atoms with Gasteiger partial charge >= 0.3 is 0 Å². The monoisotopic (exact) mass is 382 g/mol. The fraction of sp³-hybridized carbons (Fsp3) is 0.583. The van der Waals surface area contributed by atoms with Gasteiger partial charge in [-0.2, -0.15) is 0 Å². The Morgan fingerprint density at radius 2 is 1.68 bits per heavy atom. The van der Waals surface area contributed by atoms with E-state index in [9.17, 15) is 5.11 Å². The molecule has 4 rings (SSSR count). The predicted molar refractivity (Wildman–Crippen MR) is 112 cm³/mol. The Morgan fingerprint density at radius 3 is 2.36 bits per heavy atom. The van der Waals surface area contributed by atoms with Crippen LogP contribution in [0.2, 0.25) is 0 Å². The van der Waals surface area contributed by atoms with Crippen molar-refractivity contribution in [2.24, 2.45) is 5.92 Å². The van der Waals surface area contributed by atoms with Crippen LogP contribution in [0.3, 0.4) is 0 Å². The molecular weight excluding hydrogens is 348 g/mol. The molecule has 3 heterocycles. The lowest BCUT2D eigenvalue weighted by Crippen LogP contribution is -2.48. The van der Waals surface area contributed by atoms with E-state index in [0.29, 0.717) is 5.92 Å². The van der Waals surface area contributed by atoms with E-state index in [1.165, 1.54) is 18.4 Å². The number of hydrogen-bond acceptors (Lipinski definition) is 4. The molecule has 0 radical (unpaired) electrons. The van der Waals surface area contributed by atoms with E-state index >= 15 is 0 Å². The molecule has 1 atom stereocenters. The molecule has 0 bridgehead atoms. The molecule has 2 fully saturated rings. The van der Waals surface area contributed by atoms with E-state index in [1.807, 2.05) is 6.07 Å². The van der Waals surface area contributed by atoms with Crippen molar-refractivity contribution < 1.29 is 9.52 Å². The van der Waals surface area contributed by atoms with Gasteiger partial charge in [-0.3, -0.25) is 4.90 Å². The molecule has 2 aliphatic heterocycles. The number of piperidine rings is 2. The second-order valence-corrected chi connectivity index (χ2v) is 8.55. The van der Waals surface area contributed by atoms with Gasteiger partial charge in [0.2, 0.25) is 0 Å². The third-order valence-corrected chi connectivity index (χ3v) is 6.72. The van der Waals surface area contributed by atoms with Crippen LogP contribution >= 0.6 is 0 Å². The molecule has 0 spiro atoms. The molecule has 0 saturated carbocycles. The van der Waals surface area contributed by atoms with Crippen LogP contribution in [0.25, 0.3) is 0 Å². The van der Waals surface area contributed by atoms with Gasteiger partial charge in [-0.15, -0.1) is 0 Å². The summed E-state index contributed by atoms with van der Waals surface area (Å²) in [5.74, 6) is 1.54. The van der Waals surface area contributed by atoms with Gasteiger partial charge in [-0.1, -0.05) is 30.3 Å². The number of aliphatic hydroxyl groups excluding tert-OH is 1. The topological polar surface area (TPSA) is 39.9 Å². The highest BCUT2D eigenvalue weighted by Gasteiger charge is 2.30. The van der Waals surface area contributed by atoms with Gasteiger partial charge in [-0.25, -0.2) is 0 Å². The molecule has 152 valence electrons. The molecule has 1 aromatic heterocycles. The van der Waals surface area contributed by atoms with Crippen molar-refractivity contribution >= 4 is 0 Å². The number of rotatable bonds is 7. The van der Waals surface area contributed by atoms with E-state index in [-0.39, 0.29) is 6.10 Å². The van der Waals surface area contributed by atoms with Crippen LogP contribution in [0.1, 0.15) is 43.4 Å². The van der Waals surface area contributed by atoms with Gasteiger partial charge < -0.3 is 14.4 Å². The Kier molecular flexibility index (Phi) is 6.84. The van der Waals surface area contributed by atoms with E-state index in [0.717, 1.165) is 70.2 Å². The van der Waals surface area contributed by atoms with Gasteiger partial charge in [0.05, 0.1) is 18.9 Å². The van der Waals surface area contributed by atoms with E-state index < -0.39 is 0 Å². The number of benzene rings is 1. The van der Waals surface area contributed by atoms with Crippen LogP contribution in [0, 0.1) is 5.92 Å². The number of aryl methyl sites for hydroxylation is 1. The smallest absolute Gasteiger partial charge is 0.117 e. The fourth-order valence-corrected chi connectivity index (χ4v) is 4.93. The Labute approximate surface area is 169 Å². The van der Waals surface area contributed by atoms with Gasteiger partial charge in [0.25, 0.3) is 0 Å². The van der Waals surface area contributed by atoms with E-state index in [2.05, 4.69) is 46.2 Å². The summed E-state index contributed by atoms with van der Waals surface area (Å²) in [6.45, 7) is 5.55. The molecule has 0 amide bonds. The molecule has 0 aliphatic carbocycles. The lowest BCUT2D eigenvalue weighted by atomic mass is 9.87. The minimum atomic E-state index is -0.155. The minimum Gasteiger partial charge on any atom is -0.468 e. The minimum absolute atomic E-state index is 0.155. The maximum absolute atomic E-state index is 10.7. The summed E-state index contributed by atoms with van der Waals surface area (Å²) in [7, 11) is 0. The first-order valence-electron chi connectivity index (χ1n) is 11.0. The summed E-state index contributed by atoms with van der Waals surface area (Å²) in [5.41, 5.74) is 1.33. The molecule has 4 heteroatoms. The molecule has 2 saturated heterocycles. The molecule has 1 aromatic carbocycles. The highest BCUT2D eigenvalue weighted by Crippen LogP contribution is 2.27. The number of hydrogen-bond donors (Lipinski definition) is 1. The molecular formula is C24H34N2O2. The van der Waals surface area contributed by atoms with E-state index in [1.54, 1.807) is 6.26 Å². The summed E-state index contributed by atoms with van der Waals surface area (Å²) in [5, 5.41) is 10.7. The largest absolute Gasteiger partial charge is 0.468 e. The van der Waals surface area contributed by atoms with Crippen molar-refractivity contribution in [3.05, 3.63) is 60.1 Å². The Bertz CT molecular complexity index is 672. The lowest BCUT2D eigenvalue weighted by molar-refractivity contribution is 0.0258. The van der Waals surface area contributed by atoms with Crippen LogP contribution in [0.15, 0.2) is 53.1 Å². The van der Waals surface area contributed by atoms with Crippen LogP contribution in [-0.4, -0.2) is 53.2 Å². The molecule has 28 heavy (non-hydrogen) atoms. The summed E-state index contributed by atoms with van der Waals surface area (Å²) in [4.78, 5) is 5.19.